The average Bonchev–Trinajstić information content (AvgIpc) is 3.37. The Labute approximate surface area is 236 Å². The Kier molecular flexibility index (Phi) is 8.12. The Morgan fingerprint density at radius 2 is 1.68 bits per heavy atom. The first kappa shape index (κ1) is 26.4. The summed E-state index contributed by atoms with van der Waals surface area (Å²) in [6.45, 7) is 4.81. The van der Waals surface area contributed by atoms with E-state index in [-0.39, 0.29) is 11.7 Å². The SMILES string of the molecule is COc1ccccc1N1CCN(C(=O)CSc2nnc(-c3ccc(C)cc3)n2-c2ccc(Cl)c(Cl)c2)CC1. The lowest BCUT2D eigenvalue weighted by Crippen LogP contribution is -2.49. The van der Waals surface area contributed by atoms with E-state index in [0.717, 1.165) is 41.3 Å². The zero-order valence-corrected chi connectivity index (χ0v) is 23.4. The number of piperazine rings is 1. The molecule has 2 heterocycles. The molecule has 1 fully saturated rings. The molecule has 1 aliphatic heterocycles. The number of para-hydroxylation sites is 2. The number of benzene rings is 3. The average molecular weight is 569 g/mol. The summed E-state index contributed by atoms with van der Waals surface area (Å²) in [7, 11) is 1.68. The van der Waals surface area contributed by atoms with Gasteiger partial charge in [0.15, 0.2) is 11.0 Å². The molecule has 0 aliphatic carbocycles. The van der Waals surface area contributed by atoms with Gasteiger partial charge in [0.1, 0.15) is 5.75 Å². The van der Waals surface area contributed by atoms with Gasteiger partial charge in [0.05, 0.1) is 34.3 Å². The van der Waals surface area contributed by atoms with E-state index in [1.165, 1.54) is 11.8 Å². The van der Waals surface area contributed by atoms with Crippen LogP contribution in [-0.2, 0) is 4.79 Å². The number of nitrogens with zero attached hydrogens (tertiary/aromatic N) is 5. The lowest BCUT2D eigenvalue weighted by molar-refractivity contribution is -0.128. The summed E-state index contributed by atoms with van der Waals surface area (Å²) in [5.74, 6) is 1.83. The second-order valence-electron chi connectivity index (χ2n) is 8.93. The van der Waals surface area contributed by atoms with Crippen molar-refractivity contribution in [3.05, 3.63) is 82.3 Å². The summed E-state index contributed by atoms with van der Waals surface area (Å²) in [5, 5.41) is 10.4. The molecule has 7 nitrogen and oxygen atoms in total. The number of methoxy groups -OCH3 is 1. The number of aromatic nitrogens is 3. The summed E-state index contributed by atoms with van der Waals surface area (Å²) in [6.07, 6.45) is 0. The molecule has 1 saturated heterocycles. The van der Waals surface area contributed by atoms with E-state index in [9.17, 15) is 4.79 Å². The maximum Gasteiger partial charge on any atom is 0.233 e. The molecule has 0 radical (unpaired) electrons. The summed E-state index contributed by atoms with van der Waals surface area (Å²) in [6, 6.07) is 21.5. The van der Waals surface area contributed by atoms with Crippen molar-refractivity contribution >= 4 is 46.6 Å². The van der Waals surface area contributed by atoms with Gasteiger partial charge in [-0.1, -0.05) is 76.9 Å². The molecule has 5 rings (SSSR count). The van der Waals surface area contributed by atoms with Crippen molar-refractivity contribution in [1.82, 2.24) is 19.7 Å². The Hall–Kier alpha value is -3.20. The highest BCUT2D eigenvalue weighted by Crippen LogP contribution is 2.32. The molecule has 0 atom stereocenters. The van der Waals surface area contributed by atoms with Gasteiger partial charge in [0.2, 0.25) is 5.91 Å². The van der Waals surface area contributed by atoms with Gasteiger partial charge < -0.3 is 14.5 Å². The van der Waals surface area contributed by atoms with Gasteiger partial charge >= 0.3 is 0 Å². The zero-order chi connectivity index (χ0) is 26.6. The minimum atomic E-state index is 0.0650. The molecule has 0 unspecified atom stereocenters. The first-order valence-electron chi connectivity index (χ1n) is 12.2. The maximum absolute atomic E-state index is 13.2. The summed E-state index contributed by atoms with van der Waals surface area (Å²) < 4.78 is 7.43. The molecular formula is C28H27Cl2N5O2S. The van der Waals surface area contributed by atoms with E-state index < -0.39 is 0 Å². The molecule has 10 heteroatoms. The Bertz CT molecular complexity index is 1440. The van der Waals surface area contributed by atoms with Gasteiger partial charge in [0, 0.05) is 31.7 Å². The molecular weight excluding hydrogens is 541 g/mol. The molecule has 0 N–H and O–H groups in total. The highest BCUT2D eigenvalue weighted by atomic mass is 35.5. The van der Waals surface area contributed by atoms with E-state index in [1.54, 1.807) is 19.2 Å². The van der Waals surface area contributed by atoms with Gasteiger partial charge in [0.25, 0.3) is 0 Å². The second kappa shape index (κ2) is 11.7. The monoisotopic (exact) mass is 567 g/mol. The number of aryl methyl sites for hydroxylation is 1. The summed E-state index contributed by atoms with van der Waals surface area (Å²) in [5.41, 5.74) is 3.90. The number of halogens is 2. The van der Waals surface area contributed by atoms with Crippen LogP contribution in [0.1, 0.15) is 5.56 Å². The fourth-order valence-corrected chi connectivity index (χ4v) is 5.56. The molecule has 0 bridgehead atoms. The smallest absolute Gasteiger partial charge is 0.233 e. The van der Waals surface area contributed by atoms with E-state index in [1.807, 2.05) is 71.0 Å². The van der Waals surface area contributed by atoms with Gasteiger partial charge in [-0.3, -0.25) is 9.36 Å². The predicted molar refractivity (Wildman–Crippen MR) is 154 cm³/mol. The molecule has 0 saturated carbocycles. The van der Waals surface area contributed by atoms with E-state index >= 15 is 0 Å². The number of thioether (sulfide) groups is 1. The second-order valence-corrected chi connectivity index (χ2v) is 10.7. The van der Waals surface area contributed by atoms with Crippen molar-refractivity contribution in [3.63, 3.8) is 0 Å². The van der Waals surface area contributed by atoms with Crippen LogP contribution in [0.2, 0.25) is 10.0 Å². The van der Waals surface area contributed by atoms with Crippen LogP contribution >= 0.6 is 35.0 Å². The van der Waals surface area contributed by atoms with E-state index in [0.29, 0.717) is 34.1 Å². The number of hydrogen-bond acceptors (Lipinski definition) is 6. The quantitative estimate of drug-likeness (QED) is 0.255. The van der Waals surface area contributed by atoms with Gasteiger partial charge in [-0.25, -0.2) is 0 Å². The van der Waals surface area contributed by atoms with Gasteiger partial charge in [-0.2, -0.15) is 0 Å². The standard InChI is InChI=1S/C28H27Cl2N5O2S/c1-19-7-9-20(10-8-19)27-31-32-28(35(27)21-11-12-22(29)23(30)17-21)38-18-26(36)34-15-13-33(14-16-34)24-5-3-4-6-25(24)37-2/h3-12,17H,13-16,18H2,1-2H3. The highest BCUT2D eigenvalue weighted by molar-refractivity contribution is 7.99. The molecule has 3 aromatic carbocycles. The molecule has 1 aliphatic rings. The van der Waals surface area contributed by atoms with Gasteiger partial charge in [-0.05, 0) is 37.3 Å². The number of rotatable bonds is 7. The summed E-state index contributed by atoms with van der Waals surface area (Å²) in [4.78, 5) is 17.3. The third-order valence-electron chi connectivity index (χ3n) is 6.49. The molecule has 1 aromatic heterocycles. The Balaban J connectivity index is 1.31. The van der Waals surface area contributed by atoms with Crippen molar-refractivity contribution in [1.29, 1.82) is 0 Å². The molecule has 196 valence electrons. The van der Waals surface area contributed by atoms with Gasteiger partial charge in [-0.15, -0.1) is 10.2 Å². The van der Waals surface area contributed by atoms with Crippen LogP contribution in [0.25, 0.3) is 17.1 Å². The third kappa shape index (κ3) is 5.62. The van der Waals surface area contributed by atoms with E-state index in [2.05, 4.69) is 15.1 Å². The van der Waals surface area contributed by atoms with Crippen molar-refractivity contribution in [2.24, 2.45) is 0 Å². The maximum atomic E-state index is 13.2. The Morgan fingerprint density at radius 1 is 0.947 bits per heavy atom. The molecule has 4 aromatic rings. The third-order valence-corrected chi connectivity index (χ3v) is 8.14. The van der Waals surface area contributed by atoms with E-state index in [4.69, 9.17) is 27.9 Å². The Morgan fingerprint density at radius 3 is 2.39 bits per heavy atom. The van der Waals surface area contributed by atoms with Crippen molar-refractivity contribution in [3.8, 4) is 22.8 Å². The number of anilines is 1. The number of hydrogen-bond donors (Lipinski definition) is 0. The highest BCUT2D eigenvalue weighted by Gasteiger charge is 2.24. The zero-order valence-electron chi connectivity index (χ0n) is 21.1. The van der Waals surface area contributed by atoms with Crippen LogP contribution in [0.5, 0.6) is 5.75 Å². The van der Waals surface area contributed by atoms with Crippen LogP contribution in [-0.4, -0.2) is 64.6 Å². The predicted octanol–water partition coefficient (Wildman–Crippen LogP) is 6.00. The van der Waals surface area contributed by atoms with Crippen LogP contribution in [0.15, 0.2) is 71.9 Å². The van der Waals surface area contributed by atoms with Crippen LogP contribution in [0, 0.1) is 6.92 Å². The summed E-state index contributed by atoms with van der Waals surface area (Å²) >= 11 is 13.9. The molecule has 0 spiro atoms. The first-order chi connectivity index (χ1) is 18.4. The number of carbonyl (C=O) groups is 1. The van der Waals surface area contributed by atoms with Crippen LogP contribution in [0.4, 0.5) is 5.69 Å². The van der Waals surface area contributed by atoms with Crippen molar-refractivity contribution in [2.75, 3.05) is 43.9 Å². The van der Waals surface area contributed by atoms with Crippen molar-refractivity contribution in [2.45, 2.75) is 12.1 Å². The fraction of sp³-hybridized carbons (Fsp3) is 0.250. The minimum absolute atomic E-state index is 0.0650. The number of ether oxygens (including phenoxy) is 1. The minimum Gasteiger partial charge on any atom is -0.495 e. The number of carbonyl (C=O) groups excluding carboxylic acids is 1. The molecule has 38 heavy (non-hydrogen) atoms. The van der Waals surface area contributed by atoms with Crippen LogP contribution < -0.4 is 9.64 Å². The normalized spacial score (nSPS) is 13.6. The number of amides is 1. The lowest BCUT2D eigenvalue weighted by Gasteiger charge is -2.36. The molecule has 1 amide bonds. The fourth-order valence-electron chi connectivity index (χ4n) is 4.42. The van der Waals surface area contributed by atoms with Crippen molar-refractivity contribution < 1.29 is 9.53 Å². The first-order valence-corrected chi connectivity index (χ1v) is 13.9. The topological polar surface area (TPSA) is 63.5 Å². The largest absolute Gasteiger partial charge is 0.495 e. The van der Waals surface area contributed by atoms with Crippen LogP contribution in [0.3, 0.4) is 0 Å². The lowest BCUT2D eigenvalue weighted by atomic mass is 10.1.